The van der Waals surface area contributed by atoms with Gasteiger partial charge in [-0.25, -0.2) is 4.68 Å². The SMILES string of the molecule is CCNCc1ccc(-n2ccc(C(F)(F)F)n2)cc1Br. The maximum absolute atomic E-state index is 12.5. The van der Waals surface area contributed by atoms with E-state index in [9.17, 15) is 13.2 Å². The molecule has 0 unspecified atom stereocenters. The molecule has 108 valence electrons. The Labute approximate surface area is 122 Å². The standard InChI is InChI=1S/C13H13BrF3N3/c1-2-18-8-9-3-4-10(7-11(9)14)20-6-5-12(19-20)13(15,16)17/h3-7,18H,2,8H2,1H3. The second-order valence-corrected chi connectivity index (χ2v) is 5.05. The molecule has 0 saturated heterocycles. The highest BCUT2D eigenvalue weighted by atomic mass is 79.9. The van der Waals surface area contributed by atoms with E-state index in [4.69, 9.17) is 0 Å². The van der Waals surface area contributed by atoms with Crippen LogP contribution in [-0.2, 0) is 12.7 Å². The van der Waals surface area contributed by atoms with E-state index in [0.717, 1.165) is 22.6 Å². The topological polar surface area (TPSA) is 29.9 Å². The number of hydrogen-bond donors (Lipinski definition) is 1. The molecule has 0 aliphatic heterocycles. The Kier molecular flexibility index (Phi) is 4.49. The van der Waals surface area contributed by atoms with Gasteiger partial charge in [-0.05, 0) is 30.3 Å². The summed E-state index contributed by atoms with van der Waals surface area (Å²) in [7, 11) is 0. The maximum atomic E-state index is 12.5. The van der Waals surface area contributed by atoms with Gasteiger partial charge in [0.1, 0.15) is 0 Å². The van der Waals surface area contributed by atoms with E-state index in [1.165, 1.54) is 10.9 Å². The van der Waals surface area contributed by atoms with Crippen molar-refractivity contribution in [2.24, 2.45) is 0 Å². The van der Waals surface area contributed by atoms with Crippen LogP contribution in [0.5, 0.6) is 0 Å². The Morgan fingerprint density at radius 1 is 1.30 bits per heavy atom. The molecule has 2 rings (SSSR count). The van der Waals surface area contributed by atoms with Crippen molar-refractivity contribution in [3.63, 3.8) is 0 Å². The molecule has 0 aliphatic rings. The van der Waals surface area contributed by atoms with Gasteiger partial charge in [0.05, 0.1) is 5.69 Å². The lowest BCUT2D eigenvalue weighted by atomic mass is 10.2. The third kappa shape index (κ3) is 3.40. The predicted octanol–water partition coefficient (Wildman–Crippen LogP) is 3.76. The zero-order valence-electron chi connectivity index (χ0n) is 10.7. The summed E-state index contributed by atoms with van der Waals surface area (Å²) < 4.78 is 39.6. The van der Waals surface area contributed by atoms with Gasteiger partial charge < -0.3 is 5.32 Å². The quantitative estimate of drug-likeness (QED) is 0.912. The molecule has 1 aromatic carbocycles. The number of rotatable bonds is 4. The summed E-state index contributed by atoms with van der Waals surface area (Å²) in [5.41, 5.74) is 0.719. The van der Waals surface area contributed by atoms with Crippen LogP contribution in [0.3, 0.4) is 0 Å². The first-order valence-electron chi connectivity index (χ1n) is 6.04. The van der Waals surface area contributed by atoms with E-state index in [1.54, 1.807) is 12.1 Å². The van der Waals surface area contributed by atoms with Crippen molar-refractivity contribution in [3.8, 4) is 5.69 Å². The molecule has 7 heteroatoms. The zero-order valence-corrected chi connectivity index (χ0v) is 12.3. The molecule has 0 aliphatic carbocycles. The first-order chi connectivity index (χ1) is 9.41. The number of alkyl halides is 3. The Bertz CT molecular complexity index is 593. The molecule has 0 bridgehead atoms. The van der Waals surface area contributed by atoms with Crippen molar-refractivity contribution in [1.82, 2.24) is 15.1 Å². The van der Waals surface area contributed by atoms with Gasteiger partial charge in [-0.3, -0.25) is 0 Å². The highest BCUT2D eigenvalue weighted by Crippen LogP contribution is 2.28. The number of halogens is 4. The monoisotopic (exact) mass is 347 g/mol. The Morgan fingerprint density at radius 3 is 2.60 bits per heavy atom. The van der Waals surface area contributed by atoms with Gasteiger partial charge in [0.25, 0.3) is 0 Å². The fraction of sp³-hybridized carbons (Fsp3) is 0.308. The van der Waals surface area contributed by atoms with Gasteiger partial charge in [0, 0.05) is 17.2 Å². The molecule has 1 heterocycles. The Morgan fingerprint density at radius 2 is 2.05 bits per heavy atom. The lowest BCUT2D eigenvalue weighted by molar-refractivity contribution is -0.141. The summed E-state index contributed by atoms with van der Waals surface area (Å²) in [5.74, 6) is 0. The van der Waals surface area contributed by atoms with E-state index in [0.29, 0.717) is 12.2 Å². The molecule has 0 spiro atoms. The minimum atomic E-state index is -4.42. The minimum absolute atomic E-state index is 0.577. The molecule has 0 saturated carbocycles. The van der Waals surface area contributed by atoms with Crippen LogP contribution in [0, 0.1) is 0 Å². The number of nitrogens with one attached hydrogen (secondary N) is 1. The molecule has 1 aromatic heterocycles. The van der Waals surface area contributed by atoms with E-state index in [1.807, 2.05) is 13.0 Å². The van der Waals surface area contributed by atoms with Crippen molar-refractivity contribution in [1.29, 1.82) is 0 Å². The van der Waals surface area contributed by atoms with Crippen LogP contribution in [0.15, 0.2) is 34.9 Å². The summed E-state index contributed by atoms with van der Waals surface area (Å²) >= 11 is 3.42. The molecular formula is C13H13BrF3N3. The molecule has 1 N–H and O–H groups in total. The summed E-state index contributed by atoms with van der Waals surface area (Å²) in [6.45, 7) is 3.55. The first-order valence-corrected chi connectivity index (χ1v) is 6.83. The average molecular weight is 348 g/mol. The first kappa shape index (κ1) is 15.1. The van der Waals surface area contributed by atoms with Crippen LogP contribution < -0.4 is 5.32 Å². The fourth-order valence-corrected chi connectivity index (χ4v) is 2.21. The van der Waals surface area contributed by atoms with Crippen LogP contribution in [0.4, 0.5) is 13.2 Å². The third-order valence-electron chi connectivity index (χ3n) is 2.75. The van der Waals surface area contributed by atoms with Gasteiger partial charge in [-0.15, -0.1) is 0 Å². The molecule has 0 atom stereocenters. The van der Waals surface area contributed by atoms with Crippen molar-refractivity contribution < 1.29 is 13.2 Å². The van der Waals surface area contributed by atoms with E-state index in [-0.39, 0.29) is 0 Å². The molecule has 0 fully saturated rings. The van der Waals surface area contributed by atoms with Gasteiger partial charge in [0.2, 0.25) is 0 Å². The van der Waals surface area contributed by atoms with Crippen molar-refractivity contribution in [3.05, 3.63) is 46.2 Å². The molecule has 20 heavy (non-hydrogen) atoms. The Balaban J connectivity index is 2.25. The van der Waals surface area contributed by atoms with Gasteiger partial charge in [-0.2, -0.15) is 18.3 Å². The third-order valence-corrected chi connectivity index (χ3v) is 3.48. The lowest BCUT2D eigenvalue weighted by Gasteiger charge is -2.08. The summed E-state index contributed by atoms with van der Waals surface area (Å²) in [6, 6.07) is 6.31. The van der Waals surface area contributed by atoms with E-state index in [2.05, 4.69) is 26.3 Å². The lowest BCUT2D eigenvalue weighted by Crippen LogP contribution is -2.12. The summed E-state index contributed by atoms with van der Waals surface area (Å²) in [4.78, 5) is 0. The number of benzene rings is 1. The van der Waals surface area contributed by atoms with Crippen LogP contribution in [0.2, 0.25) is 0 Å². The van der Waals surface area contributed by atoms with Crippen LogP contribution in [0.25, 0.3) is 5.69 Å². The highest BCUT2D eigenvalue weighted by Gasteiger charge is 2.33. The second-order valence-electron chi connectivity index (χ2n) is 4.20. The van der Waals surface area contributed by atoms with E-state index >= 15 is 0 Å². The number of nitrogens with zero attached hydrogens (tertiary/aromatic N) is 2. The Hall–Kier alpha value is -1.34. The van der Waals surface area contributed by atoms with Crippen molar-refractivity contribution in [2.45, 2.75) is 19.6 Å². The molecular weight excluding hydrogens is 335 g/mol. The summed E-state index contributed by atoms with van der Waals surface area (Å²) in [6.07, 6.45) is -3.12. The molecule has 0 radical (unpaired) electrons. The second kappa shape index (κ2) is 5.97. The molecule has 3 nitrogen and oxygen atoms in total. The van der Waals surface area contributed by atoms with E-state index < -0.39 is 11.9 Å². The van der Waals surface area contributed by atoms with Crippen molar-refractivity contribution >= 4 is 15.9 Å². The highest BCUT2D eigenvalue weighted by molar-refractivity contribution is 9.10. The summed E-state index contributed by atoms with van der Waals surface area (Å²) in [5, 5.41) is 6.73. The van der Waals surface area contributed by atoms with Crippen molar-refractivity contribution in [2.75, 3.05) is 6.54 Å². The molecule has 2 aromatic rings. The average Bonchev–Trinajstić information content (AvgIpc) is 2.86. The van der Waals surface area contributed by atoms with Crippen LogP contribution in [-0.4, -0.2) is 16.3 Å². The van der Waals surface area contributed by atoms with Gasteiger partial charge >= 0.3 is 6.18 Å². The minimum Gasteiger partial charge on any atom is -0.313 e. The smallest absolute Gasteiger partial charge is 0.313 e. The van der Waals surface area contributed by atoms with Crippen LogP contribution >= 0.6 is 15.9 Å². The van der Waals surface area contributed by atoms with Crippen LogP contribution in [0.1, 0.15) is 18.2 Å². The normalized spacial score (nSPS) is 11.8. The fourth-order valence-electron chi connectivity index (χ4n) is 1.70. The van der Waals surface area contributed by atoms with Gasteiger partial charge in [0.15, 0.2) is 5.69 Å². The van der Waals surface area contributed by atoms with Gasteiger partial charge in [-0.1, -0.05) is 28.9 Å². The maximum Gasteiger partial charge on any atom is 0.435 e. The number of aromatic nitrogens is 2. The number of hydrogen-bond acceptors (Lipinski definition) is 2. The predicted molar refractivity (Wildman–Crippen MR) is 73.6 cm³/mol. The zero-order chi connectivity index (χ0) is 14.8. The molecule has 0 amide bonds. The largest absolute Gasteiger partial charge is 0.435 e.